The Kier molecular flexibility index (Phi) is 10.4. The van der Waals surface area contributed by atoms with E-state index in [1.54, 1.807) is 0 Å². The van der Waals surface area contributed by atoms with Crippen LogP contribution in [0, 0.1) is 5.92 Å². The molecular weight excluding hydrogens is 418 g/mol. The monoisotopic (exact) mass is 461 g/mol. The van der Waals surface area contributed by atoms with Crippen LogP contribution >= 0.6 is 0 Å². The van der Waals surface area contributed by atoms with Gasteiger partial charge in [-0.25, -0.2) is 0 Å². The lowest BCUT2D eigenvalue weighted by Gasteiger charge is -2.33. The molecule has 0 radical (unpaired) electrons. The number of benzene rings is 1. The number of nitrogens with one attached hydrogen (secondary N) is 1. The van der Waals surface area contributed by atoms with Crippen LogP contribution < -0.4 is 5.32 Å². The first-order valence-corrected chi connectivity index (χ1v) is 12.9. The highest BCUT2D eigenvalue weighted by Crippen LogP contribution is 2.31. The van der Waals surface area contributed by atoms with Gasteiger partial charge in [0.25, 0.3) is 0 Å². The molecule has 0 spiro atoms. The van der Waals surface area contributed by atoms with Crippen LogP contribution in [0.3, 0.4) is 0 Å². The van der Waals surface area contributed by atoms with E-state index >= 15 is 0 Å². The molecule has 1 heterocycles. The van der Waals surface area contributed by atoms with E-state index in [1.807, 2.05) is 13.1 Å². The second kappa shape index (κ2) is 13.5. The van der Waals surface area contributed by atoms with Gasteiger partial charge in [0.1, 0.15) is 6.29 Å². The Morgan fingerprint density at radius 3 is 2.74 bits per heavy atom. The summed E-state index contributed by atoms with van der Waals surface area (Å²) in [6.07, 6.45) is 18.2. The number of piperidine rings is 1. The van der Waals surface area contributed by atoms with Crippen LogP contribution in [0.1, 0.15) is 61.1 Å². The normalized spacial score (nSPS) is 19.8. The average Bonchev–Trinajstić information content (AvgIpc) is 2.88. The molecule has 4 heteroatoms. The molecule has 0 bridgehead atoms. The fourth-order valence-corrected chi connectivity index (χ4v) is 5.33. The molecule has 1 saturated heterocycles. The summed E-state index contributed by atoms with van der Waals surface area (Å²) in [5.74, 6) is 1.33. The van der Waals surface area contributed by atoms with Crippen LogP contribution in [-0.4, -0.2) is 55.9 Å². The van der Waals surface area contributed by atoms with Crippen LogP contribution in [0.25, 0.3) is 6.08 Å². The summed E-state index contributed by atoms with van der Waals surface area (Å²) in [6.45, 7) is 12.6. The summed E-state index contributed by atoms with van der Waals surface area (Å²) in [4.78, 5) is 15.9. The lowest BCUT2D eigenvalue weighted by Crippen LogP contribution is -2.37. The molecule has 1 aliphatic heterocycles. The number of likely N-dealkylation sites (tertiary alicyclic amines) is 1. The van der Waals surface area contributed by atoms with E-state index < -0.39 is 0 Å². The van der Waals surface area contributed by atoms with Gasteiger partial charge in [0.2, 0.25) is 0 Å². The van der Waals surface area contributed by atoms with Crippen molar-refractivity contribution in [1.29, 1.82) is 0 Å². The van der Waals surface area contributed by atoms with Crippen molar-refractivity contribution in [3.63, 3.8) is 0 Å². The number of rotatable bonds is 13. The summed E-state index contributed by atoms with van der Waals surface area (Å²) in [6, 6.07) is 7.05. The number of carbonyl (C=O) groups excluding carboxylic acids is 1. The van der Waals surface area contributed by atoms with Gasteiger partial charge in [-0.3, -0.25) is 4.90 Å². The average molecular weight is 462 g/mol. The summed E-state index contributed by atoms with van der Waals surface area (Å²) < 4.78 is 0. The number of hydrogen-bond acceptors (Lipinski definition) is 4. The number of allylic oxidation sites excluding steroid dienone is 4. The van der Waals surface area contributed by atoms with Gasteiger partial charge in [-0.2, -0.15) is 0 Å². The second-order valence-corrected chi connectivity index (χ2v) is 9.83. The van der Waals surface area contributed by atoms with Crippen LogP contribution in [0.2, 0.25) is 0 Å². The zero-order valence-corrected chi connectivity index (χ0v) is 21.2. The van der Waals surface area contributed by atoms with Crippen LogP contribution in [0.15, 0.2) is 61.4 Å². The lowest BCUT2D eigenvalue weighted by molar-refractivity contribution is -0.108. The molecule has 0 saturated carbocycles. The third-order valence-corrected chi connectivity index (χ3v) is 7.56. The van der Waals surface area contributed by atoms with E-state index in [0.717, 1.165) is 24.9 Å². The molecule has 1 N–H and O–H groups in total. The van der Waals surface area contributed by atoms with E-state index in [2.05, 4.69) is 77.8 Å². The van der Waals surface area contributed by atoms with Gasteiger partial charge in [-0.1, -0.05) is 61.7 Å². The summed E-state index contributed by atoms with van der Waals surface area (Å²) in [5.41, 5.74) is 4.89. The molecule has 184 valence electrons. The summed E-state index contributed by atoms with van der Waals surface area (Å²) in [5, 5.41) is 3.18. The van der Waals surface area contributed by atoms with Gasteiger partial charge in [0.05, 0.1) is 0 Å². The zero-order chi connectivity index (χ0) is 24.3. The molecule has 0 aromatic heterocycles. The van der Waals surface area contributed by atoms with Crippen molar-refractivity contribution >= 4 is 12.4 Å². The minimum Gasteiger partial charge on any atom is -0.391 e. The van der Waals surface area contributed by atoms with Gasteiger partial charge in [0, 0.05) is 31.8 Å². The van der Waals surface area contributed by atoms with E-state index in [-0.39, 0.29) is 6.04 Å². The molecule has 1 fully saturated rings. The fourth-order valence-electron chi connectivity index (χ4n) is 5.33. The number of likely N-dealkylation sites (N-methyl/N-ethyl adjacent to an activating group) is 2. The third kappa shape index (κ3) is 7.28. The minimum absolute atomic E-state index is 0.120. The molecular formula is C30H43N3O. The molecule has 2 unspecified atom stereocenters. The van der Waals surface area contributed by atoms with Gasteiger partial charge in [0.15, 0.2) is 0 Å². The van der Waals surface area contributed by atoms with Gasteiger partial charge >= 0.3 is 0 Å². The van der Waals surface area contributed by atoms with Crippen molar-refractivity contribution in [2.45, 2.75) is 57.0 Å². The maximum Gasteiger partial charge on any atom is 0.120 e. The highest BCUT2D eigenvalue weighted by molar-refractivity contribution is 5.53. The van der Waals surface area contributed by atoms with Crippen molar-refractivity contribution in [1.82, 2.24) is 15.1 Å². The summed E-state index contributed by atoms with van der Waals surface area (Å²) in [7, 11) is 4.02. The SMILES string of the molecule is C=Cc1ccc(C2CCN(CCC3C=CC=CC3)CC2)cc1CN(C)C(CCC=O)C(=C)NC. The number of hydrogen-bond donors (Lipinski definition) is 1. The number of nitrogens with zero attached hydrogens (tertiary/aromatic N) is 2. The van der Waals surface area contributed by atoms with E-state index in [9.17, 15) is 4.79 Å². The van der Waals surface area contributed by atoms with Gasteiger partial charge in [-0.05, 0) is 87.3 Å². The highest BCUT2D eigenvalue weighted by Gasteiger charge is 2.23. The maximum atomic E-state index is 11.0. The lowest BCUT2D eigenvalue weighted by atomic mass is 9.87. The molecule has 1 aromatic carbocycles. The molecule has 34 heavy (non-hydrogen) atoms. The Bertz CT molecular complexity index is 879. The van der Waals surface area contributed by atoms with E-state index in [4.69, 9.17) is 0 Å². The van der Waals surface area contributed by atoms with Crippen molar-refractivity contribution in [3.8, 4) is 0 Å². The smallest absolute Gasteiger partial charge is 0.120 e. The molecule has 4 nitrogen and oxygen atoms in total. The second-order valence-electron chi connectivity index (χ2n) is 9.83. The number of carbonyl (C=O) groups is 1. The first-order valence-electron chi connectivity index (χ1n) is 12.9. The maximum absolute atomic E-state index is 11.0. The zero-order valence-electron chi connectivity index (χ0n) is 21.2. The van der Waals surface area contributed by atoms with Crippen LogP contribution in [0.4, 0.5) is 0 Å². The predicted molar refractivity (Wildman–Crippen MR) is 145 cm³/mol. The van der Waals surface area contributed by atoms with Gasteiger partial charge in [-0.15, -0.1) is 0 Å². The topological polar surface area (TPSA) is 35.6 Å². The molecule has 1 aromatic rings. The minimum atomic E-state index is 0.120. The van der Waals surface area contributed by atoms with Crippen molar-refractivity contribution in [2.24, 2.45) is 5.92 Å². The number of aldehydes is 1. The molecule has 3 rings (SSSR count). The Morgan fingerprint density at radius 2 is 2.09 bits per heavy atom. The highest BCUT2D eigenvalue weighted by atomic mass is 16.1. The predicted octanol–water partition coefficient (Wildman–Crippen LogP) is 5.54. The van der Waals surface area contributed by atoms with Gasteiger partial charge < -0.3 is 15.0 Å². The van der Waals surface area contributed by atoms with Crippen LogP contribution in [0.5, 0.6) is 0 Å². The van der Waals surface area contributed by atoms with Crippen molar-refractivity contribution < 1.29 is 4.79 Å². The molecule has 2 aliphatic rings. The molecule has 1 aliphatic carbocycles. The Morgan fingerprint density at radius 1 is 1.29 bits per heavy atom. The van der Waals surface area contributed by atoms with Crippen molar-refractivity contribution in [2.75, 3.05) is 33.7 Å². The standard InChI is InChI=1S/C30H43N3O/c1-5-26-13-14-28(22-29(26)23-32(4)30(12-9-21-34)24(2)31-3)27-16-19-33(20-17-27)18-15-25-10-7-6-8-11-25/h5-8,10,13-14,21-22,25,27,30-31H,1-2,9,11-12,15-20,23H2,3-4H3. The quantitative estimate of drug-likeness (QED) is 0.391. The van der Waals surface area contributed by atoms with E-state index in [1.165, 1.54) is 62.0 Å². The van der Waals surface area contributed by atoms with Crippen molar-refractivity contribution in [3.05, 3.63) is 78.0 Å². The third-order valence-electron chi connectivity index (χ3n) is 7.56. The summed E-state index contributed by atoms with van der Waals surface area (Å²) >= 11 is 0. The Labute approximate surface area is 207 Å². The fraction of sp³-hybridized carbons (Fsp3) is 0.500. The molecule has 0 amide bonds. The molecule has 2 atom stereocenters. The largest absolute Gasteiger partial charge is 0.391 e. The first-order chi connectivity index (χ1) is 16.5. The van der Waals surface area contributed by atoms with Crippen LogP contribution in [-0.2, 0) is 11.3 Å². The Hall–Kier alpha value is -2.43. The van der Waals surface area contributed by atoms with E-state index in [0.29, 0.717) is 18.3 Å². The first kappa shape index (κ1) is 26.2. The Balaban J connectivity index is 1.60.